The molecule has 27 heavy (non-hydrogen) atoms. The van der Waals surface area contributed by atoms with Gasteiger partial charge in [-0.25, -0.2) is 4.79 Å². The van der Waals surface area contributed by atoms with Gasteiger partial charge in [0, 0.05) is 5.56 Å². The zero-order valence-electron chi connectivity index (χ0n) is 15.9. The van der Waals surface area contributed by atoms with Crippen molar-refractivity contribution in [1.29, 1.82) is 0 Å². The van der Waals surface area contributed by atoms with Gasteiger partial charge >= 0.3 is 5.97 Å². The van der Waals surface area contributed by atoms with Crippen LogP contribution in [0.1, 0.15) is 27.6 Å². The number of rotatable bonds is 8. The summed E-state index contributed by atoms with van der Waals surface area (Å²) in [6.45, 7) is 1.51. The summed E-state index contributed by atoms with van der Waals surface area (Å²) in [4.78, 5) is 25.1. The van der Waals surface area contributed by atoms with E-state index in [1.54, 1.807) is 30.3 Å². The molecule has 0 aliphatic rings. The zero-order chi connectivity index (χ0) is 20.0. The lowest BCUT2D eigenvalue weighted by Gasteiger charge is -2.17. The molecule has 0 aliphatic heterocycles. The maximum absolute atomic E-state index is 12.6. The van der Waals surface area contributed by atoms with Crippen molar-refractivity contribution in [3.8, 4) is 23.0 Å². The summed E-state index contributed by atoms with van der Waals surface area (Å²) in [5.74, 6) is 0.446. The molecule has 0 heterocycles. The van der Waals surface area contributed by atoms with Crippen LogP contribution < -0.4 is 18.9 Å². The fraction of sp³-hybridized carbons (Fsp3) is 0.300. The van der Waals surface area contributed by atoms with Crippen LogP contribution in [0.15, 0.2) is 36.4 Å². The van der Waals surface area contributed by atoms with Gasteiger partial charge < -0.3 is 23.7 Å². The molecule has 0 amide bonds. The van der Waals surface area contributed by atoms with Gasteiger partial charge in [0.15, 0.2) is 17.6 Å². The molecular weight excluding hydrogens is 352 g/mol. The van der Waals surface area contributed by atoms with Crippen LogP contribution in [0.3, 0.4) is 0 Å². The van der Waals surface area contributed by atoms with E-state index in [-0.39, 0.29) is 22.8 Å². The minimum atomic E-state index is -0.983. The SMILES string of the molecule is COc1ccc(C(=O)[C@H](C)OC(=O)c2ccc(OC)c(OC)c2OC)cc1. The molecule has 0 fully saturated rings. The Labute approximate surface area is 157 Å². The van der Waals surface area contributed by atoms with Crippen molar-refractivity contribution in [2.24, 2.45) is 0 Å². The van der Waals surface area contributed by atoms with Gasteiger partial charge in [0.1, 0.15) is 11.3 Å². The summed E-state index contributed by atoms with van der Waals surface area (Å²) in [6.07, 6.45) is -0.983. The van der Waals surface area contributed by atoms with Crippen molar-refractivity contribution in [1.82, 2.24) is 0 Å². The summed E-state index contributed by atoms with van der Waals surface area (Å²) in [5.41, 5.74) is 0.542. The first-order chi connectivity index (χ1) is 13.0. The van der Waals surface area contributed by atoms with E-state index in [1.165, 1.54) is 41.4 Å². The molecule has 2 rings (SSSR count). The first kappa shape index (κ1) is 20.1. The average Bonchev–Trinajstić information content (AvgIpc) is 2.71. The number of Topliss-reactive ketones (excluding diaryl/α,β-unsaturated/α-hetero) is 1. The van der Waals surface area contributed by atoms with Crippen molar-refractivity contribution >= 4 is 11.8 Å². The van der Waals surface area contributed by atoms with Gasteiger partial charge in [-0.3, -0.25) is 4.79 Å². The van der Waals surface area contributed by atoms with Gasteiger partial charge in [-0.1, -0.05) is 0 Å². The molecule has 0 spiro atoms. The maximum atomic E-state index is 12.6. The lowest BCUT2D eigenvalue weighted by Crippen LogP contribution is -2.24. The summed E-state index contributed by atoms with van der Waals surface area (Å²) in [5, 5.41) is 0. The number of ketones is 1. The third kappa shape index (κ3) is 4.31. The van der Waals surface area contributed by atoms with E-state index >= 15 is 0 Å². The number of esters is 1. The Morgan fingerprint density at radius 1 is 0.778 bits per heavy atom. The van der Waals surface area contributed by atoms with Crippen molar-refractivity contribution in [3.05, 3.63) is 47.5 Å². The predicted octanol–water partition coefficient (Wildman–Crippen LogP) is 3.15. The van der Waals surface area contributed by atoms with Crippen molar-refractivity contribution in [2.45, 2.75) is 13.0 Å². The van der Waals surface area contributed by atoms with Crippen LogP contribution in [0.2, 0.25) is 0 Å². The van der Waals surface area contributed by atoms with Crippen LogP contribution in [0.25, 0.3) is 0 Å². The Bertz CT molecular complexity index is 812. The molecule has 7 nitrogen and oxygen atoms in total. The van der Waals surface area contributed by atoms with Crippen LogP contribution in [0.5, 0.6) is 23.0 Å². The van der Waals surface area contributed by atoms with Crippen LogP contribution in [0.4, 0.5) is 0 Å². The fourth-order valence-corrected chi connectivity index (χ4v) is 2.53. The van der Waals surface area contributed by atoms with Gasteiger partial charge in [0.05, 0.1) is 28.4 Å². The molecule has 0 N–H and O–H groups in total. The van der Waals surface area contributed by atoms with Crippen molar-refractivity contribution < 1.29 is 33.3 Å². The normalized spacial score (nSPS) is 11.3. The smallest absolute Gasteiger partial charge is 0.342 e. The molecule has 0 aliphatic carbocycles. The highest BCUT2D eigenvalue weighted by molar-refractivity contribution is 6.02. The van der Waals surface area contributed by atoms with Crippen LogP contribution >= 0.6 is 0 Å². The molecule has 0 saturated heterocycles. The second-order valence-corrected chi connectivity index (χ2v) is 5.52. The van der Waals surface area contributed by atoms with E-state index < -0.39 is 12.1 Å². The minimum absolute atomic E-state index is 0.129. The fourth-order valence-electron chi connectivity index (χ4n) is 2.53. The quantitative estimate of drug-likeness (QED) is 0.519. The van der Waals surface area contributed by atoms with E-state index in [9.17, 15) is 9.59 Å². The lowest BCUT2D eigenvalue weighted by molar-refractivity contribution is 0.0315. The van der Waals surface area contributed by atoms with Gasteiger partial charge in [0.2, 0.25) is 11.5 Å². The second kappa shape index (κ2) is 8.93. The Hall–Kier alpha value is -3.22. The van der Waals surface area contributed by atoms with E-state index in [0.717, 1.165) is 0 Å². The molecule has 0 aromatic heterocycles. The van der Waals surface area contributed by atoms with Crippen LogP contribution in [0, 0.1) is 0 Å². The van der Waals surface area contributed by atoms with Crippen LogP contribution in [-0.4, -0.2) is 46.3 Å². The largest absolute Gasteiger partial charge is 0.497 e. The molecule has 0 bridgehead atoms. The Morgan fingerprint density at radius 2 is 1.41 bits per heavy atom. The molecule has 2 aromatic carbocycles. The van der Waals surface area contributed by atoms with Crippen molar-refractivity contribution in [2.75, 3.05) is 28.4 Å². The molecule has 7 heteroatoms. The van der Waals surface area contributed by atoms with E-state index in [2.05, 4.69) is 0 Å². The summed E-state index contributed by atoms with van der Waals surface area (Å²) in [6, 6.07) is 9.62. The van der Waals surface area contributed by atoms with E-state index in [0.29, 0.717) is 17.1 Å². The molecular formula is C20H22O7. The lowest BCUT2D eigenvalue weighted by atomic mass is 10.1. The highest BCUT2D eigenvalue weighted by Crippen LogP contribution is 2.40. The Kier molecular flexibility index (Phi) is 6.65. The maximum Gasteiger partial charge on any atom is 0.342 e. The number of hydrogen-bond acceptors (Lipinski definition) is 7. The first-order valence-corrected chi connectivity index (χ1v) is 8.15. The molecule has 0 saturated carbocycles. The number of carbonyl (C=O) groups is 2. The third-order valence-corrected chi connectivity index (χ3v) is 3.95. The minimum Gasteiger partial charge on any atom is -0.497 e. The van der Waals surface area contributed by atoms with Crippen LogP contribution in [-0.2, 0) is 4.74 Å². The molecule has 0 radical (unpaired) electrons. The number of carbonyl (C=O) groups excluding carboxylic acids is 2. The molecule has 144 valence electrons. The first-order valence-electron chi connectivity index (χ1n) is 8.15. The van der Waals surface area contributed by atoms with Gasteiger partial charge in [-0.2, -0.15) is 0 Å². The molecule has 1 atom stereocenters. The van der Waals surface area contributed by atoms with Gasteiger partial charge in [-0.15, -0.1) is 0 Å². The Morgan fingerprint density at radius 3 is 1.93 bits per heavy atom. The average molecular weight is 374 g/mol. The van der Waals surface area contributed by atoms with E-state index in [4.69, 9.17) is 23.7 Å². The topological polar surface area (TPSA) is 80.3 Å². The third-order valence-electron chi connectivity index (χ3n) is 3.95. The van der Waals surface area contributed by atoms with Crippen molar-refractivity contribution in [3.63, 3.8) is 0 Å². The standard InChI is InChI=1S/C20H22O7/c1-12(17(21)13-6-8-14(23-2)9-7-13)27-20(22)15-10-11-16(24-3)19(26-5)18(15)25-4/h6-12H,1-5H3/t12-/m0/s1. The summed E-state index contributed by atoms with van der Waals surface area (Å²) < 4.78 is 26.1. The van der Waals surface area contributed by atoms with Gasteiger partial charge in [0.25, 0.3) is 0 Å². The second-order valence-electron chi connectivity index (χ2n) is 5.52. The number of ether oxygens (including phenoxy) is 5. The molecule has 0 unspecified atom stereocenters. The molecule has 2 aromatic rings. The predicted molar refractivity (Wildman–Crippen MR) is 98.3 cm³/mol. The zero-order valence-corrected chi connectivity index (χ0v) is 15.9. The highest BCUT2D eigenvalue weighted by atomic mass is 16.6. The highest BCUT2D eigenvalue weighted by Gasteiger charge is 2.25. The summed E-state index contributed by atoms with van der Waals surface area (Å²) >= 11 is 0. The monoisotopic (exact) mass is 374 g/mol. The number of methoxy groups -OCH3 is 4. The van der Waals surface area contributed by atoms with Gasteiger partial charge in [-0.05, 0) is 43.3 Å². The van der Waals surface area contributed by atoms with E-state index in [1.807, 2.05) is 0 Å². The number of hydrogen-bond donors (Lipinski definition) is 0. The Balaban J connectivity index is 2.21. The number of benzene rings is 2. The summed E-state index contributed by atoms with van der Waals surface area (Å²) in [7, 11) is 5.86.